The number of rotatable bonds is 4. The lowest BCUT2D eigenvalue weighted by Crippen LogP contribution is -2.14. The first-order valence-corrected chi connectivity index (χ1v) is 6.33. The van der Waals surface area contributed by atoms with Gasteiger partial charge in [-0.2, -0.15) is 0 Å². The van der Waals surface area contributed by atoms with E-state index in [4.69, 9.17) is 10.5 Å². The molecule has 0 spiro atoms. The van der Waals surface area contributed by atoms with Crippen molar-refractivity contribution >= 4 is 17.3 Å². The minimum atomic E-state index is -0.571. The number of halogens is 1. The van der Waals surface area contributed by atoms with Crippen LogP contribution in [-0.2, 0) is 0 Å². The monoisotopic (exact) mass is 290 g/mol. The molecular formula is C15H15FN2O3. The molecule has 0 aromatic heterocycles. The molecule has 0 saturated carbocycles. The fourth-order valence-corrected chi connectivity index (χ4v) is 1.79. The van der Waals surface area contributed by atoms with E-state index in [0.29, 0.717) is 6.61 Å². The van der Waals surface area contributed by atoms with E-state index in [1.807, 2.05) is 0 Å². The Morgan fingerprint density at radius 3 is 2.76 bits per heavy atom. The molecule has 2 aromatic rings. The topological polar surface area (TPSA) is 84.6 Å². The Hall–Kier alpha value is -2.76. The molecule has 5 nitrogen and oxygen atoms in total. The molecule has 0 unspecified atom stereocenters. The van der Waals surface area contributed by atoms with Gasteiger partial charge in [-0.3, -0.25) is 4.79 Å². The average molecular weight is 290 g/mol. The molecule has 21 heavy (non-hydrogen) atoms. The quantitative estimate of drug-likeness (QED) is 0.597. The highest BCUT2D eigenvalue weighted by Crippen LogP contribution is 2.23. The molecule has 2 aromatic carbocycles. The number of ether oxygens (including phenoxy) is 1. The van der Waals surface area contributed by atoms with Gasteiger partial charge < -0.3 is 20.9 Å². The van der Waals surface area contributed by atoms with Crippen molar-refractivity contribution in [2.75, 3.05) is 17.7 Å². The van der Waals surface area contributed by atoms with Gasteiger partial charge in [-0.05, 0) is 37.3 Å². The van der Waals surface area contributed by atoms with Gasteiger partial charge in [0.05, 0.1) is 12.2 Å². The number of nitrogens with one attached hydrogen (secondary N) is 1. The predicted octanol–water partition coefficient (Wildman–Crippen LogP) is 2.76. The second-order valence-electron chi connectivity index (χ2n) is 4.30. The Labute approximate surface area is 121 Å². The third kappa shape index (κ3) is 3.42. The zero-order chi connectivity index (χ0) is 15.4. The van der Waals surface area contributed by atoms with Crippen LogP contribution in [0.1, 0.15) is 17.3 Å². The molecule has 0 heterocycles. The number of phenolic OH excluding ortho intramolecular Hbond substituents is 1. The van der Waals surface area contributed by atoms with Crippen LogP contribution in [0.15, 0.2) is 36.4 Å². The Morgan fingerprint density at radius 1 is 1.33 bits per heavy atom. The minimum absolute atomic E-state index is 0.0766. The number of nitrogens with two attached hydrogens (primary N) is 1. The SMILES string of the molecule is CCOc1ccc(NC(=O)c2cc(O)ccc2N)cc1F. The smallest absolute Gasteiger partial charge is 0.257 e. The molecule has 2 rings (SSSR count). The lowest BCUT2D eigenvalue weighted by Gasteiger charge is -2.10. The van der Waals surface area contributed by atoms with E-state index in [1.54, 1.807) is 6.92 Å². The van der Waals surface area contributed by atoms with Crippen LogP contribution in [0.2, 0.25) is 0 Å². The van der Waals surface area contributed by atoms with E-state index in [0.717, 1.165) is 6.07 Å². The van der Waals surface area contributed by atoms with Crippen molar-refractivity contribution in [1.82, 2.24) is 0 Å². The maximum atomic E-state index is 13.7. The molecule has 6 heteroatoms. The molecule has 0 aliphatic heterocycles. The first-order valence-electron chi connectivity index (χ1n) is 6.33. The van der Waals surface area contributed by atoms with Crippen LogP contribution < -0.4 is 15.8 Å². The number of nitrogen functional groups attached to an aromatic ring is 1. The number of carbonyl (C=O) groups is 1. The van der Waals surface area contributed by atoms with E-state index in [1.165, 1.54) is 30.3 Å². The van der Waals surface area contributed by atoms with Crippen LogP contribution in [0, 0.1) is 5.82 Å². The van der Waals surface area contributed by atoms with Crippen LogP contribution in [0.25, 0.3) is 0 Å². The van der Waals surface area contributed by atoms with Gasteiger partial charge in [0.25, 0.3) is 5.91 Å². The lowest BCUT2D eigenvalue weighted by molar-refractivity contribution is 0.102. The third-order valence-corrected chi connectivity index (χ3v) is 2.77. The molecule has 0 atom stereocenters. The maximum Gasteiger partial charge on any atom is 0.257 e. The molecule has 0 fully saturated rings. The number of hydrogen-bond donors (Lipinski definition) is 3. The van der Waals surface area contributed by atoms with Crippen molar-refractivity contribution in [1.29, 1.82) is 0 Å². The molecular weight excluding hydrogens is 275 g/mol. The summed E-state index contributed by atoms with van der Waals surface area (Å²) in [7, 11) is 0. The van der Waals surface area contributed by atoms with Gasteiger partial charge in [-0.15, -0.1) is 0 Å². The normalized spacial score (nSPS) is 10.2. The third-order valence-electron chi connectivity index (χ3n) is 2.77. The molecule has 1 amide bonds. The van der Waals surface area contributed by atoms with E-state index in [9.17, 15) is 14.3 Å². The second-order valence-corrected chi connectivity index (χ2v) is 4.30. The van der Waals surface area contributed by atoms with Gasteiger partial charge >= 0.3 is 0 Å². The minimum Gasteiger partial charge on any atom is -0.508 e. The summed E-state index contributed by atoms with van der Waals surface area (Å²) in [6, 6.07) is 8.15. The van der Waals surface area contributed by atoms with Crippen LogP contribution in [-0.4, -0.2) is 17.6 Å². The van der Waals surface area contributed by atoms with Gasteiger partial charge in [0.1, 0.15) is 5.75 Å². The number of carbonyl (C=O) groups excluding carboxylic acids is 1. The fraction of sp³-hybridized carbons (Fsp3) is 0.133. The zero-order valence-corrected chi connectivity index (χ0v) is 11.4. The molecule has 110 valence electrons. The Morgan fingerprint density at radius 2 is 2.10 bits per heavy atom. The van der Waals surface area contributed by atoms with Crippen molar-refractivity contribution in [3.8, 4) is 11.5 Å². The van der Waals surface area contributed by atoms with Crippen molar-refractivity contribution in [2.45, 2.75) is 6.92 Å². The molecule has 4 N–H and O–H groups in total. The van der Waals surface area contributed by atoms with Crippen molar-refractivity contribution in [2.24, 2.45) is 0 Å². The maximum absolute atomic E-state index is 13.7. The summed E-state index contributed by atoms with van der Waals surface area (Å²) in [5.41, 5.74) is 6.27. The molecule has 0 bridgehead atoms. The number of phenols is 1. The Balaban J connectivity index is 2.19. The summed E-state index contributed by atoms with van der Waals surface area (Å²) < 4.78 is 18.8. The average Bonchev–Trinajstić information content (AvgIpc) is 2.44. The van der Waals surface area contributed by atoms with Crippen LogP contribution in [0.5, 0.6) is 11.5 Å². The highest BCUT2D eigenvalue weighted by molar-refractivity contribution is 6.08. The fourth-order valence-electron chi connectivity index (χ4n) is 1.79. The summed E-state index contributed by atoms with van der Waals surface area (Å²) >= 11 is 0. The van der Waals surface area contributed by atoms with Crippen LogP contribution in [0.3, 0.4) is 0 Å². The highest BCUT2D eigenvalue weighted by atomic mass is 19.1. The number of anilines is 2. The highest BCUT2D eigenvalue weighted by Gasteiger charge is 2.12. The van der Waals surface area contributed by atoms with Crippen LogP contribution >= 0.6 is 0 Å². The van der Waals surface area contributed by atoms with Crippen molar-refractivity contribution < 1.29 is 19.0 Å². The van der Waals surface area contributed by atoms with Crippen LogP contribution in [0.4, 0.5) is 15.8 Å². The summed E-state index contributed by atoms with van der Waals surface area (Å²) in [5.74, 6) is -1.06. The zero-order valence-electron chi connectivity index (χ0n) is 11.4. The first kappa shape index (κ1) is 14.6. The van der Waals surface area contributed by atoms with Crippen molar-refractivity contribution in [3.05, 3.63) is 47.8 Å². The summed E-state index contributed by atoms with van der Waals surface area (Å²) in [6.45, 7) is 2.10. The second kappa shape index (κ2) is 6.13. The molecule has 0 radical (unpaired) electrons. The molecule has 0 aliphatic rings. The number of amides is 1. The summed E-state index contributed by atoms with van der Waals surface area (Å²) in [5, 5.41) is 11.9. The van der Waals surface area contributed by atoms with E-state index < -0.39 is 11.7 Å². The van der Waals surface area contributed by atoms with Crippen molar-refractivity contribution in [3.63, 3.8) is 0 Å². The largest absolute Gasteiger partial charge is 0.508 e. The van der Waals surface area contributed by atoms with Gasteiger partial charge in [0.2, 0.25) is 0 Å². The van der Waals surface area contributed by atoms with Gasteiger partial charge in [0.15, 0.2) is 11.6 Å². The number of benzene rings is 2. The van der Waals surface area contributed by atoms with E-state index in [2.05, 4.69) is 5.32 Å². The Bertz CT molecular complexity index is 674. The number of aromatic hydroxyl groups is 1. The van der Waals surface area contributed by atoms with E-state index in [-0.39, 0.29) is 28.4 Å². The number of hydrogen-bond acceptors (Lipinski definition) is 4. The standard InChI is InChI=1S/C15H15FN2O3/c1-2-21-14-6-3-9(7-12(14)16)18-15(20)11-8-10(19)4-5-13(11)17/h3-8,19H,2,17H2,1H3,(H,18,20). The first-order chi connectivity index (χ1) is 10.0. The predicted molar refractivity (Wildman–Crippen MR) is 78.0 cm³/mol. The summed E-state index contributed by atoms with van der Waals surface area (Å²) in [6.07, 6.45) is 0. The van der Waals surface area contributed by atoms with Gasteiger partial charge in [-0.1, -0.05) is 0 Å². The Kier molecular flexibility index (Phi) is 4.27. The lowest BCUT2D eigenvalue weighted by atomic mass is 10.1. The van der Waals surface area contributed by atoms with E-state index >= 15 is 0 Å². The van der Waals surface area contributed by atoms with Gasteiger partial charge in [0, 0.05) is 17.4 Å². The molecule has 0 aliphatic carbocycles. The summed E-state index contributed by atoms with van der Waals surface area (Å²) in [4.78, 5) is 12.1. The van der Waals surface area contributed by atoms with Gasteiger partial charge in [-0.25, -0.2) is 4.39 Å². The molecule has 0 saturated heterocycles.